The van der Waals surface area contributed by atoms with Gasteiger partial charge in [0.1, 0.15) is 5.82 Å². The van der Waals surface area contributed by atoms with E-state index in [1.165, 1.54) is 6.07 Å². The quantitative estimate of drug-likeness (QED) is 0.587. The van der Waals surface area contributed by atoms with Gasteiger partial charge in [-0.2, -0.15) is 5.10 Å². The van der Waals surface area contributed by atoms with Crippen LogP contribution in [-0.4, -0.2) is 64.0 Å². The Bertz CT molecular complexity index is 1360. The second-order valence-corrected chi connectivity index (χ2v) is 9.34. The van der Waals surface area contributed by atoms with Crippen molar-refractivity contribution in [1.82, 2.24) is 20.0 Å². The molecule has 3 aromatic rings. The number of halogens is 1. The molecule has 0 radical (unpaired) electrons. The number of aromatic nitrogens is 2. The van der Waals surface area contributed by atoms with Crippen LogP contribution >= 0.6 is 0 Å². The van der Waals surface area contributed by atoms with Crippen LogP contribution in [0.3, 0.4) is 0 Å². The molecular weight excluding hydrogens is 461 g/mol. The van der Waals surface area contributed by atoms with E-state index < -0.39 is 11.7 Å². The standard InChI is InChI=1S/C27H28FN5O3/c1-17-16-32(26(35)19-6-3-2-4-7-19)12-13-33(17)27(36)21-14-18(9-10-22(21)28)15-23-24-20(8-5-11-29-24)25(34)31-30-23/h2-4,6-7,9-10,14,17,29H,5,8,11-13,15-16H2,1H3,(H,31,34)/t17-/m1/s1. The summed E-state index contributed by atoms with van der Waals surface area (Å²) in [5.74, 6) is -1.07. The fourth-order valence-electron chi connectivity index (χ4n) is 4.98. The second-order valence-electron chi connectivity index (χ2n) is 9.34. The monoisotopic (exact) mass is 489 g/mol. The van der Waals surface area contributed by atoms with Gasteiger partial charge in [-0.25, -0.2) is 9.49 Å². The minimum absolute atomic E-state index is 0.00608. The topological polar surface area (TPSA) is 98.4 Å². The molecule has 9 heteroatoms. The fourth-order valence-corrected chi connectivity index (χ4v) is 4.98. The van der Waals surface area contributed by atoms with Crippen LogP contribution in [-0.2, 0) is 12.8 Å². The van der Waals surface area contributed by atoms with E-state index in [9.17, 15) is 18.8 Å². The zero-order chi connectivity index (χ0) is 25.2. The first-order chi connectivity index (χ1) is 17.4. The molecule has 2 aromatic carbocycles. The summed E-state index contributed by atoms with van der Waals surface area (Å²) in [6.45, 7) is 3.70. The highest BCUT2D eigenvalue weighted by Crippen LogP contribution is 2.25. The Kier molecular flexibility index (Phi) is 6.54. The second kappa shape index (κ2) is 9.93. The largest absolute Gasteiger partial charge is 0.383 e. The van der Waals surface area contributed by atoms with E-state index in [0.29, 0.717) is 49.3 Å². The maximum atomic E-state index is 14.8. The van der Waals surface area contributed by atoms with E-state index in [1.807, 2.05) is 25.1 Å². The van der Waals surface area contributed by atoms with Gasteiger partial charge in [-0.1, -0.05) is 24.3 Å². The van der Waals surface area contributed by atoms with Crippen LogP contribution in [0.1, 0.15) is 50.9 Å². The number of anilines is 1. The van der Waals surface area contributed by atoms with Gasteiger partial charge in [0.05, 0.1) is 16.9 Å². The maximum Gasteiger partial charge on any atom is 0.269 e. The first kappa shape index (κ1) is 23.7. The Morgan fingerprint density at radius 2 is 1.92 bits per heavy atom. The van der Waals surface area contributed by atoms with Crippen molar-refractivity contribution in [2.45, 2.75) is 32.2 Å². The molecule has 1 fully saturated rings. The minimum Gasteiger partial charge on any atom is -0.383 e. The highest BCUT2D eigenvalue weighted by atomic mass is 19.1. The number of carbonyl (C=O) groups is 2. The van der Waals surface area contributed by atoms with E-state index in [2.05, 4.69) is 15.5 Å². The van der Waals surface area contributed by atoms with Gasteiger partial charge in [-0.3, -0.25) is 14.4 Å². The Morgan fingerprint density at radius 1 is 1.11 bits per heavy atom. The lowest BCUT2D eigenvalue weighted by Gasteiger charge is -2.40. The van der Waals surface area contributed by atoms with Gasteiger partial charge in [-0.15, -0.1) is 0 Å². The number of rotatable bonds is 4. The first-order valence-corrected chi connectivity index (χ1v) is 12.2. The third-order valence-corrected chi connectivity index (χ3v) is 6.89. The summed E-state index contributed by atoms with van der Waals surface area (Å²) in [6.07, 6.45) is 1.90. The molecule has 1 saturated heterocycles. The summed E-state index contributed by atoms with van der Waals surface area (Å²) in [7, 11) is 0. The zero-order valence-electron chi connectivity index (χ0n) is 20.1. The normalized spacial score (nSPS) is 17.3. The third kappa shape index (κ3) is 4.60. The van der Waals surface area contributed by atoms with Crippen molar-refractivity contribution in [2.75, 3.05) is 31.5 Å². The maximum absolute atomic E-state index is 14.8. The van der Waals surface area contributed by atoms with E-state index in [0.717, 1.165) is 24.2 Å². The highest BCUT2D eigenvalue weighted by molar-refractivity contribution is 5.96. The summed E-state index contributed by atoms with van der Waals surface area (Å²) >= 11 is 0. The number of nitrogens with zero attached hydrogens (tertiary/aromatic N) is 3. The average molecular weight is 490 g/mol. The first-order valence-electron chi connectivity index (χ1n) is 12.2. The van der Waals surface area contributed by atoms with Crippen molar-refractivity contribution in [3.63, 3.8) is 0 Å². The number of H-pyrrole nitrogens is 1. The van der Waals surface area contributed by atoms with Crippen LogP contribution < -0.4 is 10.9 Å². The van der Waals surface area contributed by atoms with Crippen LogP contribution in [0.2, 0.25) is 0 Å². The molecule has 0 unspecified atom stereocenters. The van der Waals surface area contributed by atoms with Crippen LogP contribution in [0.4, 0.5) is 10.1 Å². The van der Waals surface area contributed by atoms with Gasteiger partial charge in [0.15, 0.2) is 0 Å². The molecule has 2 N–H and O–H groups in total. The number of fused-ring (bicyclic) bond motifs is 1. The van der Waals surface area contributed by atoms with Crippen molar-refractivity contribution >= 4 is 17.5 Å². The lowest BCUT2D eigenvalue weighted by molar-refractivity contribution is 0.0411. The number of benzene rings is 2. The van der Waals surface area contributed by atoms with Crippen molar-refractivity contribution in [1.29, 1.82) is 0 Å². The molecule has 8 nitrogen and oxygen atoms in total. The number of hydrogen-bond donors (Lipinski definition) is 2. The van der Waals surface area contributed by atoms with Crippen LogP contribution in [0, 0.1) is 5.82 Å². The molecule has 5 rings (SSSR count). The van der Waals surface area contributed by atoms with Crippen molar-refractivity contribution in [2.24, 2.45) is 0 Å². The van der Waals surface area contributed by atoms with Crippen LogP contribution in [0.15, 0.2) is 53.3 Å². The highest BCUT2D eigenvalue weighted by Gasteiger charge is 2.32. The fraction of sp³-hybridized carbons (Fsp3) is 0.333. The summed E-state index contributed by atoms with van der Waals surface area (Å²) < 4.78 is 14.8. The molecule has 0 saturated carbocycles. The summed E-state index contributed by atoms with van der Waals surface area (Å²) in [4.78, 5) is 41.7. The summed E-state index contributed by atoms with van der Waals surface area (Å²) in [5, 5.41) is 10.0. The third-order valence-electron chi connectivity index (χ3n) is 6.89. The predicted molar refractivity (Wildman–Crippen MR) is 134 cm³/mol. The Morgan fingerprint density at radius 3 is 2.69 bits per heavy atom. The Balaban J connectivity index is 1.33. The number of amides is 2. The number of hydrogen-bond acceptors (Lipinski definition) is 5. The van der Waals surface area contributed by atoms with Crippen LogP contribution in [0.5, 0.6) is 0 Å². The zero-order valence-corrected chi connectivity index (χ0v) is 20.1. The van der Waals surface area contributed by atoms with Gasteiger partial charge in [-0.05, 0) is 49.6 Å². The molecule has 0 bridgehead atoms. The molecule has 2 amide bonds. The van der Waals surface area contributed by atoms with Crippen LogP contribution in [0.25, 0.3) is 0 Å². The van der Waals surface area contributed by atoms with Gasteiger partial charge >= 0.3 is 0 Å². The molecule has 3 heterocycles. The van der Waals surface area contributed by atoms with Crippen molar-refractivity contribution < 1.29 is 14.0 Å². The summed E-state index contributed by atoms with van der Waals surface area (Å²) in [6, 6.07) is 13.3. The van der Waals surface area contributed by atoms with Crippen molar-refractivity contribution in [3.8, 4) is 0 Å². The smallest absolute Gasteiger partial charge is 0.269 e. The van der Waals surface area contributed by atoms with E-state index in [4.69, 9.17) is 0 Å². The molecule has 1 atom stereocenters. The van der Waals surface area contributed by atoms with Gasteiger partial charge < -0.3 is 15.1 Å². The lowest BCUT2D eigenvalue weighted by Crippen LogP contribution is -2.55. The number of piperazine rings is 1. The van der Waals surface area contributed by atoms with Gasteiger partial charge in [0, 0.05) is 49.8 Å². The average Bonchev–Trinajstić information content (AvgIpc) is 2.91. The van der Waals surface area contributed by atoms with Gasteiger partial charge in [0.2, 0.25) is 0 Å². The Labute approximate surface area is 208 Å². The lowest BCUT2D eigenvalue weighted by atomic mass is 9.99. The molecule has 0 spiro atoms. The molecule has 2 aliphatic heterocycles. The molecule has 2 aliphatic rings. The number of carbonyl (C=O) groups excluding carboxylic acids is 2. The number of nitrogens with one attached hydrogen (secondary N) is 2. The van der Waals surface area contributed by atoms with Gasteiger partial charge in [0.25, 0.3) is 17.4 Å². The van der Waals surface area contributed by atoms with E-state index in [1.54, 1.807) is 34.1 Å². The number of aromatic amines is 1. The summed E-state index contributed by atoms with van der Waals surface area (Å²) in [5.41, 5.74) is 3.20. The Hall–Kier alpha value is -4.01. The van der Waals surface area contributed by atoms with E-state index >= 15 is 0 Å². The van der Waals surface area contributed by atoms with E-state index in [-0.39, 0.29) is 23.1 Å². The minimum atomic E-state index is -0.590. The molecule has 36 heavy (non-hydrogen) atoms. The molecular formula is C27H28FN5O3. The predicted octanol–water partition coefficient (Wildman–Crippen LogP) is 2.84. The molecule has 0 aliphatic carbocycles. The molecule has 1 aromatic heterocycles. The van der Waals surface area contributed by atoms with Crippen molar-refractivity contribution in [3.05, 3.63) is 92.6 Å². The SMILES string of the molecule is C[C@@H]1CN(C(=O)c2ccccc2)CCN1C(=O)c1cc(Cc2n[nH]c(=O)c3c2NCCC3)ccc1F. The molecule has 186 valence electrons.